The molecular weight excluding hydrogens is 495 g/mol. The number of fused-ring (bicyclic) bond motifs is 6. The summed E-state index contributed by atoms with van der Waals surface area (Å²) in [7, 11) is 0. The van der Waals surface area contributed by atoms with E-state index in [9.17, 15) is 9.59 Å². The Hall–Kier alpha value is -2.12. The van der Waals surface area contributed by atoms with Crippen LogP contribution >= 0.6 is 24.8 Å². The first-order valence-corrected chi connectivity index (χ1v) is 13.0. The van der Waals surface area contributed by atoms with Crippen LogP contribution in [-0.4, -0.2) is 60.9 Å². The Morgan fingerprint density at radius 1 is 0.611 bits per heavy atom. The van der Waals surface area contributed by atoms with E-state index >= 15 is 0 Å². The summed E-state index contributed by atoms with van der Waals surface area (Å²) < 4.78 is 0. The fourth-order valence-corrected chi connectivity index (χ4v) is 6.43. The highest BCUT2D eigenvalue weighted by Gasteiger charge is 2.43. The van der Waals surface area contributed by atoms with Crippen LogP contribution in [0.5, 0.6) is 0 Å². The van der Waals surface area contributed by atoms with Crippen LogP contribution in [0, 0.1) is 0 Å². The number of carbonyl (C=O) groups excluding carboxylic acids is 2. The quantitative estimate of drug-likeness (QED) is 0.613. The van der Waals surface area contributed by atoms with Crippen LogP contribution in [0.3, 0.4) is 0 Å². The summed E-state index contributed by atoms with van der Waals surface area (Å²) in [6.07, 6.45) is 5.03. The molecule has 0 unspecified atom stereocenters. The molecule has 0 bridgehead atoms. The molecule has 0 radical (unpaired) electrons. The first-order chi connectivity index (χ1) is 16.7. The first kappa shape index (κ1) is 25.5. The molecule has 0 spiro atoms. The van der Waals surface area contributed by atoms with Gasteiger partial charge < -0.3 is 20.4 Å². The molecule has 4 heterocycles. The predicted octanol–water partition coefficient (Wildman–Crippen LogP) is 4.17. The van der Waals surface area contributed by atoms with Crippen molar-refractivity contribution in [1.29, 1.82) is 0 Å². The number of amides is 2. The molecule has 2 N–H and O–H groups in total. The molecule has 2 saturated carbocycles. The third kappa shape index (κ3) is 4.12. The lowest BCUT2D eigenvalue weighted by atomic mass is 9.96. The minimum Gasteiger partial charge on any atom is -0.329 e. The number of hydrogen-bond donors (Lipinski definition) is 2. The highest BCUT2D eigenvalue weighted by Crippen LogP contribution is 2.47. The van der Waals surface area contributed by atoms with Gasteiger partial charge in [-0.1, -0.05) is 36.4 Å². The second kappa shape index (κ2) is 9.97. The van der Waals surface area contributed by atoms with Gasteiger partial charge in [-0.15, -0.1) is 24.8 Å². The Kier molecular flexibility index (Phi) is 7.07. The van der Waals surface area contributed by atoms with Crippen molar-refractivity contribution in [3.63, 3.8) is 0 Å². The van der Waals surface area contributed by atoms with Crippen LogP contribution in [0.2, 0.25) is 0 Å². The fraction of sp³-hybridized carbons (Fsp3) is 0.500. The predicted molar refractivity (Wildman–Crippen MR) is 145 cm³/mol. The second-order valence-electron chi connectivity index (χ2n) is 10.6. The third-order valence-electron chi connectivity index (χ3n) is 8.45. The van der Waals surface area contributed by atoms with Gasteiger partial charge in [0, 0.05) is 50.4 Å². The Bertz CT molecular complexity index is 1090. The molecule has 6 nitrogen and oxygen atoms in total. The Morgan fingerprint density at radius 2 is 1.00 bits per heavy atom. The number of nitrogens with zero attached hydrogens (tertiary/aromatic N) is 2. The zero-order chi connectivity index (χ0) is 22.8. The molecule has 4 fully saturated rings. The number of nitrogens with one attached hydrogen (secondary N) is 2. The molecule has 0 aromatic heterocycles. The monoisotopic (exact) mass is 528 g/mol. The largest absolute Gasteiger partial charge is 0.329 e. The van der Waals surface area contributed by atoms with Crippen molar-refractivity contribution < 1.29 is 9.59 Å². The SMILES string of the molecule is Cl.Cl.O=C1c2c(C3CC3)cccc2[C@@H]2CNCCN12.O=C1c2c(C3CC3)cccc2[C@H]2CNCCN12. The van der Waals surface area contributed by atoms with E-state index < -0.39 is 0 Å². The smallest absolute Gasteiger partial charge is 0.255 e. The Morgan fingerprint density at radius 3 is 1.39 bits per heavy atom. The number of rotatable bonds is 2. The van der Waals surface area contributed by atoms with Crippen molar-refractivity contribution in [1.82, 2.24) is 20.4 Å². The maximum atomic E-state index is 12.5. The average Bonchev–Trinajstić information content (AvgIpc) is 3.82. The van der Waals surface area contributed by atoms with E-state index in [1.807, 2.05) is 9.80 Å². The molecule has 8 rings (SSSR count). The standard InChI is InChI=1S/2C14H16N2O.2ClH/c2*17-14-13-10(9-4-5-9)2-1-3-11(13)12-8-15-6-7-16(12)14;;/h2*1-3,9,12,15H,4-8H2;2*1H/t2*12-;;/m10../s1. The van der Waals surface area contributed by atoms with Crippen LogP contribution in [0.25, 0.3) is 0 Å². The van der Waals surface area contributed by atoms with E-state index in [1.165, 1.54) is 47.9 Å². The molecule has 2 aromatic rings. The molecule has 4 aliphatic heterocycles. The van der Waals surface area contributed by atoms with Gasteiger partial charge >= 0.3 is 0 Å². The molecule has 2 aromatic carbocycles. The highest BCUT2D eigenvalue weighted by molar-refractivity contribution is 6.01. The summed E-state index contributed by atoms with van der Waals surface area (Å²) in [5.41, 5.74) is 7.19. The Balaban J connectivity index is 0.000000140. The van der Waals surface area contributed by atoms with E-state index in [0.29, 0.717) is 11.8 Å². The van der Waals surface area contributed by atoms with E-state index in [2.05, 4.69) is 47.0 Å². The third-order valence-corrected chi connectivity index (χ3v) is 8.45. The van der Waals surface area contributed by atoms with E-state index in [0.717, 1.165) is 50.4 Å². The minimum atomic E-state index is 0. The van der Waals surface area contributed by atoms with Gasteiger partial charge in [-0.2, -0.15) is 0 Å². The summed E-state index contributed by atoms with van der Waals surface area (Å²) >= 11 is 0. The molecule has 6 aliphatic rings. The zero-order valence-electron chi connectivity index (χ0n) is 20.4. The van der Waals surface area contributed by atoms with Gasteiger partial charge in [0.2, 0.25) is 0 Å². The van der Waals surface area contributed by atoms with Crippen LogP contribution in [-0.2, 0) is 0 Å². The maximum Gasteiger partial charge on any atom is 0.255 e. The maximum absolute atomic E-state index is 12.5. The molecule has 192 valence electrons. The number of hydrogen-bond acceptors (Lipinski definition) is 4. The topological polar surface area (TPSA) is 64.7 Å². The van der Waals surface area contributed by atoms with E-state index in [-0.39, 0.29) is 48.7 Å². The summed E-state index contributed by atoms with van der Waals surface area (Å²) in [6.45, 7) is 5.37. The molecule has 2 saturated heterocycles. The van der Waals surface area contributed by atoms with Gasteiger partial charge in [0.1, 0.15) is 0 Å². The van der Waals surface area contributed by atoms with Gasteiger partial charge in [-0.3, -0.25) is 9.59 Å². The Labute approximate surface area is 225 Å². The zero-order valence-corrected chi connectivity index (χ0v) is 22.0. The minimum absolute atomic E-state index is 0. The van der Waals surface area contributed by atoms with Crippen molar-refractivity contribution in [2.75, 3.05) is 39.3 Å². The summed E-state index contributed by atoms with van der Waals surface area (Å²) in [6, 6.07) is 13.4. The summed E-state index contributed by atoms with van der Waals surface area (Å²) in [4.78, 5) is 29.1. The van der Waals surface area contributed by atoms with Crippen molar-refractivity contribution in [2.45, 2.75) is 49.6 Å². The molecule has 2 aliphatic carbocycles. The second-order valence-corrected chi connectivity index (χ2v) is 10.6. The van der Waals surface area contributed by atoms with Crippen LogP contribution in [0.1, 0.15) is 92.6 Å². The number of piperazine rings is 2. The van der Waals surface area contributed by atoms with Crippen molar-refractivity contribution in [3.05, 3.63) is 69.8 Å². The normalized spacial score (nSPS) is 25.4. The molecule has 2 amide bonds. The van der Waals surface area contributed by atoms with Crippen molar-refractivity contribution >= 4 is 36.6 Å². The van der Waals surface area contributed by atoms with Gasteiger partial charge in [-0.05, 0) is 59.8 Å². The lowest BCUT2D eigenvalue weighted by Crippen LogP contribution is -2.44. The molecule has 36 heavy (non-hydrogen) atoms. The highest BCUT2D eigenvalue weighted by atomic mass is 35.5. The van der Waals surface area contributed by atoms with Crippen molar-refractivity contribution in [2.24, 2.45) is 0 Å². The van der Waals surface area contributed by atoms with Crippen molar-refractivity contribution in [3.8, 4) is 0 Å². The van der Waals surface area contributed by atoms with Crippen LogP contribution in [0.4, 0.5) is 0 Å². The summed E-state index contributed by atoms with van der Waals surface area (Å²) in [5, 5.41) is 6.78. The van der Waals surface area contributed by atoms with E-state index in [4.69, 9.17) is 0 Å². The van der Waals surface area contributed by atoms with Gasteiger partial charge in [0.15, 0.2) is 0 Å². The number of halogens is 2. The average molecular weight is 530 g/mol. The van der Waals surface area contributed by atoms with E-state index in [1.54, 1.807) is 0 Å². The van der Waals surface area contributed by atoms with Gasteiger partial charge in [0.25, 0.3) is 11.8 Å². The first-order valence-electron chi connectivity index (χ1n) is 13.0. The van der Waals surface area contributed by atoms with Crippen LogP contribution in [0.15, 0.2) is 36.4 Å². The fourth-order valence-electron chi connectivity index (χ4n) is 6.43. The molecular formula is C28H34Cl2N4O2. The molecule has 8 heteroatoms. The molecule has 2 atom stereocenters. The summed E-state index contributed by atoms with van der Waals surface area (Å²) in [5.74, 6) is 1.86. The number of carbonyl (C=O) groups is 2. The van der Waals surface area contributed by atoms with Gasteiger partial charge in [0.05, 0.1) is 12.1 Å². The van der Waals surface area contributed by atoms with Gasteiger partial charge in [-0.25, -0.2) is 0 Å². The lowest BCUT2D eigenvalue weighted by Gasteiger charge is -2.30. The lowest BCUT2D eigenvalue weighted by molar-refractivity contribution is 0.0683. The van der Waals surface area contributed by atoms with Crippen LogP contribution < -0.4 is 10.6 Å². The number of benzene rings is 2.